The molecular formula is C19H19FN2O3S2. The van der Waals surface area contributed by atoms with Crippen molar-refractivity contribution in [1.82, 2.24) is 9.71 Å². The second-order valence-electron chi connectivity index (χ2n) is 5.93. The number of nitrogens with one attached hydrogen (secondary N) is 1. The summed E-state index contributed by atoms with van der Waals surface area (Å²) in [6, 6.07) is 11.0. The van der Waals surface area contributed by atoms with Crippen molar-refractivity contribution in [3.63, 3.8) is 0 Å². The number of nitrogens with zero attached hydrogens (tertiary/aromatic N) is 1. The van der Waals surface area contributed by atoms with Gasteiger partial charge in [0.15, 0.2) is 0 Å². The highest BCUT2D eigenvalue weighted by molar-refractivity contribution is 7.89. The fourth-order valence-corrected chi connectivity index (χ4v) is 4.56. The molecule has 0 amide bonds. The maximum Gasteiger partial charge on any atom is 0.240 e. The second kappa shape index (κ2) is 8.16. The van der Waals surface area contributed by atoms with E-state index >= 15 is 0 Å². The minimum absolute atomic E-state index is 0.194. The van der Waals surface area contributed by atoms with Crippen LogP contribution in [0.15, 0.2) is 52.7 Å². The number of thiazole rings is 1. The number of methoxy groups -OCH3 is 1. The van der Waals surface area contributed by atoms with E-state index in [2.05, 4.69) is 9.71 Å². The van der Waals surface area contributed by atoms with Crippen LogP contribution >= 0.6 is 11.3 Å². The maximum absolute atomic E-state index is 13.3. The number of rotatable bonds is 7. The van der Waals surface area contributed by atoms with E-state index in [-0.39, 0.29) is 17.3 Å². The molecule has 0 fully saturated rings. The van der Waals surface area contributed by atoms with E-state index in [9.17, 15) is 12.8 Å². The molecule has 0 spiro atoms. The van der Waals surface area contributed by atoms with E-state index in [0.29, 0.717) is 22.7 Å². The summed E-state index contributed by atoms with van der Waals surface area (Å²) < 4.78 is 45.9. The lowest BCUT2D eigenvalue weighted by Gasteiger charge is -2.09. The largest absolute Gasteiger partial charge is 0.496 e. The third-order valence-corrected chi connectivity index (χ3v) is 6.37. The van der Waals surface area contributed by atoms with Crippen LogP contribution in [0.4, 0.5) is 4.39 Å². The summed E-state index contributed by atoms with van der Waals surface area (Å²) in [4.78, 5) is 4.65. The highest BCUT2D eigenvalue weighted by atomic mass is 32.2. The van der Waals surface area contributed by atoms with Crippen molar-refractivity contribution in [3.8, 4) is 16.3 Å². The number of halogens is 1. The number of benzene rings is 2. The van der Waals surface area contributed by atoms with Crippen LogP contribution in [-0.2, 0) is 16.4 Å². The third kappa shape index (κ3) is 4.71. The van der Waals surface area contributed by atoms with E-state index in [1.165, 1.54) is 29.5 Å². The Morgan fingerprint density at radius 2 is 2.04 bits per heavy atom. The summed E-state index contributed by atoms with van der Waals surface area (Å²) in [6.45, 7) is 2.01. The first kappa shape index (κ1) is 19.5. The molecular weight excluding hydrogens is 387 g/mol. The standard InChI is InChI=1S/C19H19FN2O3S2/c1-13-10-17(6-7-18(13)25-2)27(23,24)21-9-8-16-12-26-19(22-16)14-4-3-5-15(20)11-14/h3-7,10-12,21H,8-9H2,1-2H3. The van der Waals surface area contributed by atoms with Crippen LogP contribution in [0.1, 0.15) is 11.3 Å². The minimum atomic E-state index is -3.61. The summed E-state index contributed by atoms with van der Waals surface area (Å²) >= 11 is 1.40. The van der Waals surface area contributed by atoms with Gasteiger partial charge < -0.3 is 4.74 Å². The molecule has 0 bridgehead atoms. The lowest BCUT2D eigenvalue weighted by molar-refractivity contribution is 0.411. The Labute approximate surface area is 161 Å². The Hall–Kier alpha value is -2.29. The SMILES string of the molecule is COc1ccc(S(=O)(=O)NCCc2csc(-c3cccc(F)c3)n2)cc1C. The van der Waals surface area contributed by atoms with Gasteiger partial charge in [-0.05, 0) is 42.8 Å². The molecule has 0 aliphatic heterocycles. The zero-order valence-corrected chi connectivity index (χ0v) is 16.5. The molecule has 0 radical (unpaired) electrons. The number of hydrogen-bond donors (Lipinski definition) is 1. The molecule has 0 atom stereocenters. The Morgan fingerprint density at radius 3 is 2.74 bits per heavy atom. The van der Waals surface area contributed by atoms with Gasteiger partial charge in [0, 0.05) is 23.9 Å². The summed E-state index contributed by atoms with van der Waals surface area (Å²) in [7, 11) is -2.07. The first-order valence-corrected chi connectivity index (χ1v) is 10.6. The monoisotopic (exact) mass is 406 g/mol. The summed E-state index contributed by atoms with van der Waals surface area (Å²) in [5.74, 6) is 0.327. The molecule has 3 rings (SSSR count). The van der Waals surface area contributed by atoms with Crippen LogP contribution in [0.5, 0.6) is 5.75 Å². The molecule has 142 valence electrons. The van der Waals surface area contributed by atoms with Crippen LogP contribution < -0.4 is 9.46 Å². The van der Waals surface area contributed by atoms with Gasteiger partial charge in [-0.3, -0.25) is 0 Å². The van der Waals surface area contributed by atoms with Crippen molar-refractivity contribution in [2.45, 2.75) is 18.2 Å². The van der Waals surface area contributed by atoms with E-state index in [1.807, 2.05) is 5.38 Å². The zero-order valence-electron chi connectivity index (χ0n) is 14.9. The van der Waals surface area contributed by atoms with Crippen molar-refractivity contribution in [3.05, 3.63) is 64.9 Å². The molecule has 0 unspecified atom stereocenters. The lowest BCUT2D eigenvalue weighted by Crippen LogP contribution is -2.26. The molecule has 0 aliphatic carbocycles. The van der Waals surface area contributed by atoms with E-state index in [4.69, 9.17) is 4.74 Å². The summed E-state index contributed by atoms with van der Waals surface area (Å²) in [5.41, 5.74) is 2.22. The van der Waals surface area contributed by atoms with Gasteiger partial charge in [-0.1, -0.05) is 12.1 Å². The molecule has 1 N–H and O–H groups in total. The summed E-state index contributed by atoms with van der Waals surface area (Å²) in [6.07, 6.45) is 0.445. The number of hydrogen-bond acceptors (Lipinski definition) is 5. The van der Waals surface area contributed by atoms with Gasteiger partial charge in [0.2, 0.25) is 10.0 Å². The predicted molar refractivity (Wildman–Crippen MR) is 104 cm³/mol. The Morgan fingerprint density at radius 1 is 1.22 bits per heavy atom. The fraction of sp³-hybridized carbons (Fsp3) is 0.211. The first-order chi connectivity index (χ1) is 12.9. The van der Waals surface area contributed by atoms with Crippen LogP contribution in [0.25, 0.3) is 10.6 Å². The Balaban J connectivity index is 1.63. The van der Waals surface area contributed by atoms with Gasteiger partial charge in [-0.25, -0.2) is 22.5 Å². The summed E-state index contributed by atoms with van der Waals surface area (Å²) in [5, 5.41) is 2.56. The quantitative estimate of drug-likeness (QED) is 0.648. The average molecular weight is 407 g/mol. The normalized spacial score (nSPS) is 11.5. The predicted octanol–water partition coefficient (Wildman–Crippen LogP) is 3.79. The van der Waals surface area contributed by atoms with Crippen LogP contribution in [0.3, 0.4) is 0 Å². The van der Waals surface area contributed by atoms with Gasteiger partial charge in [-0.15, -0.1) is 11.3 Å². The van der Waals surface area contributed by atoms with Crippen molar-refractivity contribution in [1.29, 1.82) is 0 Å². The molecule has 0 aliphatic rings. The maximum atomic E-state index is 13.3. The van der Waals surface area contributed by atoms with Crippen LogP contribution in [0, 0.1) is 12.7 Å². The highest BCUT2D eigenvalue weighted by Crippen LogP contribution is 2.24. The van der Waals surface area contributed by atoms with E-state index in [1.54, 1.807) is 38.3 Å². The average Bonchev–Trinajstić information content (AvgIpc) is 3.10. The molecule has 8 heteroatoms. The molecule has 3 aromatic rings. The van der Waals surface area contributed by atoms with Gasteiger partial charge in [-0.2, -0.15) is 0 Å². The van der Waals surface area contributed by atoms with Crippen LogP contribution in [-0.4, -0.2) is 27.1 Å². The molecule has 5 nitrogen and oxygen atoms in total. The number of sulfonamides is 1. The number of aromatic nitrogens is 1. The van der Waals surface area contributed by atoms with Crippen molar-refractivity contribution in [2.75, 3.05) is 13.7 Å². The fourth-order valence-electron chi connectivity index (χ4n) is 2.59. The lowest BCUT2D eigenvalue weighted by atomic mass is 10.2. The molecule has 0 saturated carbocycles. The number of ether oxygens (including phenoxy) is 1. The van der Waals surface area contributed by atoms with E-state index < -0.39 is 10.0 Å². The third-order valence-electron chi connectivity index (χ3n) is 3.97. The first-order valence-electron chi connectivity index (χ1n) is 8.24. The number of aryl methyl sites for hydroxylation is 1. The van der Waals surface area contributed by atoms with Gasteiger partial charge in [0.25, 0.3) is 0 Å². The molecule has 2 aromatic carbocycles. The van der Waals surface area contributed by atoms with E-state index in [0.717, 1.165) is 11.3 Å². The Kier molecular flexibility index (Phi) is 5.88. The Bertz CT molecular complexity index is 1050. The van der Waals surface area contributed by atoms with Crippen molar-refractivity contribution in [2.24, 2.45) is 0 Å². The highest BCUT2D eigenvalue weighted by Gasteiger charge is 2.15. The van der Waals surface area contributed by atoms with Gasteiger partial charge >= 0.3 is 0 Å². The van der Waals surface area contributed by atoms with Crippen LogP contribution in [0.2, 0.25) is 0 Å². The molecule has 1 heterocycles. The second-order valence-corrected chi connectivity index (χ2v) is 8.56. The molecule has 0 saturated heterocycles. The van der Waals surface area contributed by atoms with Crippen molar-refractivity contribution < 1.29 is 17.5 Å². The minimum Gasteiger partial charge on any atom is -0.496 e. The smallest absolute Gasteiger partial charge is 0.240 e. The van der Waals surface area contributed by atoms with Gasteiger partial charge in [0.1, 0.15) is 16.6 Å². The topological polar surface area (TPSA) is 68.3 Å². The van der Waals surface area contributed by atoms with Crippen molar-refractivity contribution >= 4 is 21.4 Å². The molecule has 1 aromatic heterocycles. The molecule has 27 heavy (non-hydrogen) atoms. The van der Waals surface area contributed by atoms with Gasteiger partial charge in [0.05, 0.1) is 17.7 Å². The zero-order chi connectivity index (χ0) is 19.4.